The summed E-state index contributed by atoms with van der Waals surface area (Å²) in [6.07, 6.45) is 4.62. The first kappa shape index (κ1) is 19.9. The molecule has 1 N–H and O–H groups in total. The summed E-state index contributed by atoms with van der Waals surface area (Å²) in [7, 11) is 1.87. The molecule has 29 heavy (non-hydrogen) atoms. The predicted molar refractivity (Wildman–Crippen MR) is 116 cm³/mol. The van der Waals surface area contributed by atoms with Gasteiger partial charge in [-0.3, -0.25) is 9.89 Å². The second kappa shape index (κ2) is 9.39. The Morgan fingerprint density at radius 2 is 1.86 bits per heavy atom. The van der Waals surface area contributed by atoms with E-state index in [1.807, 2.05) is 7.05 Å². The zero-order valence-electron chi connectivity index (χ0n) is 17.7. The Morgan fingerprint density at radius 3 is 2.59 bits per heavy atom. The lowest BCUT2D eigenvalue weighted by Gasteiger charge is -2.40. The van der Waals surface area contributed by atoms with Crippen molar-refractivity contribution < 1.29 is 0 Å². The van der Waals surface area contributed by atoms with Gasteiger partial charge in [0.2, 0.25) is 0 Å². The molecular formula is C22H33N7. The van der Waals surface area contributed by atoms with Crippen LogP contribution in [0.3, 0.4) is 0 Å². The van der Waals surface area contributed by atoms with Crippen LogP contribution in [-0.4, -0.2) is 63.8 Å². The summed E-state index contributed by atoms with van der Waals surface area (Å²) in [6.45, 7) is 8.07. The molecule has 7 heteroatoms. The van der Waals surface area contributed by atoms with Crippen molar-refractivity contribution in [2.75, 3.05) is 33.2 Å². The van der Waals surface area contributed by atoms with Gasteiger partial charge in [0.15, 0.2) is 11.8 Å². The van der Waals surface area contributed by atoms with E-state index in [-0.39, 0.29) is 0 Å². The van der Waals surface area contributed by atoms with Crippen molar-refractivity contribution in [2.45, 2.75) is 51.7 Å². The molecule has 1 aromatic heterocycles. The van der Waals surface area contributed by atoms with Crippen LogP contribution in [0.25, 0.3) is 0 Å². The Balaban J connectivity index is 1.33. The maximum atomic E-state index is 4.53. The molecule has 0 spiro atoms. The van der Waals surface area contributed by atoms with Crippen molar-refractivity contribution in [2.24, 2.45) is 4.99 Å². The molecular weight excluding hydrogens is 362 g/mol. The first-order valence-electron chi connectivity index (χ1n) is 11.0. The van der Waals surface area contributed by atoms with Crippen LogP contribution in [0.1, 0.15) is 49.4 Å². The van der Waals surface area contributed by atoms with Gasteiger partial charge in [0.1, 0.15) is 5.82 Å². The van der Waals surface area contributed by atoms with Crippen molar-refractivity contribution in [1.82, 2.24) is 29.9 Å². The lowest BCUT2D eigenvalue weighted by atomic mass is 10.0. The fourth-order valence-corrected chi connectivity index (χ4v) is 4.61. The van der Waals surface area contributed by atoms with Crippen molar-refractivity contribution >= 4 is 5.96 Å². The lowest BCUT2D eigenvalue weighted by Crippen LogP contribution is -2.53. The molecule has 0 radical (unpaired) electrons. The second-order valence-electron chi connectivity index (χ2n) is 7.90. The number of nitrogens with one attached hydrogen (secondary N) is 1. The number of rotatable bonds is 5. The molecule has 2 aliphatic heterocycles. The fourth-order valence-electron chi connectivity index (χ4n) is 4.61. The SMILES string of the molecule is CCC(c1ccccc1)N1CCN(C(=NC)NCc2nnc3n2CCCC3)CC1. The van der Waals surface area contributed by atoms with E-state index in [2.05, 4.69) is 72.1 Å². The number of nitrogens with zero attached hydrogens (tertiary/aromatic N) is 6. The normalized spacial score (nSPS) is 19.1. The molecule has 0 saturated carbocycles. The van der Waals surface area contributed by atoms with E-state index in [1.54, 1.807) is 0 Å². The highest BCUT2D eigenvalue weighted by molar-refractivity contribution is 5.79. The largest absolute Gasteiger partial charge is 0.349 e. The summed E-state index contributed by atoms with van der Waals surface area (Å²) < 4.78 is 2.27. The molecule has 0 aliphatic carbocycles. The van der Waals surface area contributed by atoms with Crippen LogP contribution in [0.15, 0.2) is 35.3 Å². The van der Waals surface area contributed by atoms with Crippen LogP contribution in [0.4, 0.5) is 0 Å². The topological polar surface area (TPSA) is 61.6 Å². The molecule has 0 amide bonds. The van der Waals surface area contributed by atoms with Gasteiger partial charge in [-0.2, -0.15) is 0 Å². The maximum absolute atomic E-state index is 4.53. The van der Waals surface area contributed by atoms with Crippen LogP contribution >= 0.6 is 0 Å². The second-order valence-corrected chi connectivity index (χ2v) is 7.90. The number of benzene rings is 1. The van der Waals surface area contributed by atoms with Gasteiger partial charge in [0.25, 0.3) is 0 Å². The number of aliphatic imine (C=N–C) groups is 1. The third-order valence-electron chi connectivity index (χ3n) is 6.18. The molecule has 1 aromatic carbocycles. The molecule has 7 nitrogen and oxygen atoms in total. The van der Waals surface area contributed by atoms with E-state index in [1.165, 1.54) is 18.4 Å². The zero-order valence-corrected chi connectivity index (χ0v) is 17.7. The molecule has 1 saturated heterocycles. The average Bonchev–Trinajstić information content (AvgIpc) is 3.20. The van der Waals surface area contributed by atoms with Crippen LogP contribution in [0.2, 0.25) is 0 Å². The molecule has 4 rings (SSSR count). The summed E-state index contributed by atoms with van der Waals surface area (Å²) in [5.41, 5.74) is 1.42. The van der Waals surface area contributed by atoms with Crippen molar-refractivity contribution in [3.8, 4) is 0 Å². The number of aromatic nitrogens is 3. The van der Waals surface area contributed by atoms with Crippen LogP contribution in [0, 0.1) is 0 Å². The number of hydrogen-bond donors (Lipinski definition) is 1. The van der Waals surface area contributed by atoms with Gasteiger partial charge in [0.05, 0.1) is 6.54 Å². The molecule has 156 valence electrons. The maximum Gasteiger partial charge on any atom is 0.194 e. The number of fused-ring (bicyclic) bond motifs is 1. The van der Waals surface area contributed by atoms with Crippen molar-refractivity contribution in [3.05, 3.63) is 47.5 Å². The standard InChI is InChI=1S/C22H33N7/c1-3-19(18-9-5-4-6-10-18)27-13-15-28(16-14-27)22(23-2)24-17-21-26-25-20-11-7-8-12-29(20)21/h4-6,9-10,19H,3,7-8,11-17H2,1-2H3,(H,23,24). The van der Waals surface area contributed by atoms with E-state index in [0.717, 1.165) is 63.2 Å². The van der Waals surface area contributed by atoms with Crippen LogP contribution in [-0.2, 0) is 19.5 Å². The molecule has 1 atom stereocenters. The number of aryl methyl sites for hydroxylation is 1. The highest BCUT2D eigenvalue weighted by Gasteiger charge is 2.25. The number of piperazine rings is 1. The quantitative estimate of drug-likeness (QED) is 0.622. The van der Waals surface area contributed by atoms with Crippen molar-refractivity contribution in [1.29, 1.82) is 0 Å². The monoisotopic (exact) mass is 395 g/mol. The Kier molecular flexibility index (Phi) is 6.44. The lowest BCUT2D eigenvalue weighted by molar-refractivity contribution is 0.127. The molecule has 1 unspecified atom stereocenters. The van der Waals surface area contributed by atoms with Gasteiger partial charge < -0.3 is 14.8 Å². The Morgan fingerprint density at radius 1 is 1.07 bits per heavy atom. The third-order valence-corrected chi connectivity index (χ3v) is 6.18. The molecule has 0 bridgehead atoms. The van der Waals surface area contributed by atoms with Gasteiger partial charge in [0, 0.05) is 52.2 Å². The van der Waals surface area contributed by atoms with E-state index in [0.29, 0.717) is 12.6 Å². The van der Waals surface area contributed by atoms with E-state index >= 15 is 0 Å². The summed E-state index contributed by atoms with van der Waals surface area (Å²) in [6, 6.07) is 11.4. The van der Waals surface area contributed by atoms with E-state index in [4.69, 9.17) is 0 Å². The van der Waals surface area contributed by atoms with Crippen LogP contribution in [0.5, 0.6) is 0 Å². The first-order valence-corrected chi connectivity index (χ1v) is 11.0. The zero-order chi connectivity index (χ0) is 20.1. The van der Waals surface area contributed by atoms with Gasteiger partial charge in [-0.25, -0.2) is 0 Å². The van der Waals surface area contributed by atoms with Gasteiger partial charge >= 0.3 is 0 Å². The van der Waals surface area contributed by atoms with Gasteiger partial charge in [-0.15, -0.1) is 10.2 Å². The smallest absolute Gasteiger partial charge is 0.194 e. The molecule has 2 aromatic rings. The average molecular weight is 396 g/mol. The number of guanidine groups is 1. The fraction of sp³-hybridized carbons (Fsp3) is 0.591. The van der Waals surface area contributed by atoms with E-state index in [9.17, 15) is 0 Å². The molecule has 3 heterocycles. The highest BCUT2D eigenvalue weighted by atomic mass is 15.4. The van der Waals surface area contributed by atoms with Crippen LogP contribution < -0.4 is 5.32 Å². The summed E-state index contributed by atoms with van der Waals surface area (Å²) in [5.74, 6) is 3.11. The highest BCUT2D eigenvalue weighted by Crippen LogP contribution is 2.25. The minimum Gasteiger partial charge on any atom is -0.349 e. The Bertz CT molecular complexity index is 806. The number of hydrogen-bond acceptors (Lipinski definition) is 4. The summed E-state index contributed by atoms with van der Waals surface area (Å²) in [4.78, 5) is 9.49. The minimum atomic E-state index is 0.496. The molecule has 1 fully saturated rings. The Labute approximate surface area is 173 Å². The third kappa shape index (κ3) is 4.45. The van der Waals surface area contributed by atoms with Crippen molar-refractivity contribution in [3.63, 3.8) is 0 Å². The summed E-state index contributed by atoms with van der Waals surface area (Å²) in [5, 5.41) is 12.3. The van der Waals surface area contributed by atoms with E-state index < -0.39 is 0 Å². The first-order chi connectivity index (χ1) is 14.3. The minimum absolute atomic E-state index is 0.496. The summed E-state index contributed by atoms with van der Waals surface area (Å²) >= 11 is 0. The predicted octanol–water partition coefficient (Wildman–Crippen LogP) is 2.46. The Hall–Kier alpha value is -2.41. The van der Waals surface area contributed by atoms with Gasteiger partial charge in [-0.05, 0) is 24.8 Å². The van der Waals surface area contributed by atoms with Gasteiger partial charge in [-0.1, -0.05) is 37.3 Å². The molecule has 2 aliphatic rings.